The molecule has 0 aliphatic carbocycles. The molecule has 0 saturated carbocycles. The molecular weight excluding hydrogens is 240 g/mol. The zero-order valence-electron chi connectivity index (χ0n) is 11.2. The summed E-state index contributed by atoms with van der Waals surface area (Å²) in [6.07, 6.45) is 0.452. The van der Waals surface area contributed by atoms with Crippen molar-refractivity contribution in [3.63, 3.8) is 0 Å². The summed E-state index contributed by atoms with van der Waals surface area (Å²) in [6.45, 7) is 8.38. The fourth-order valence-corrected chi connectivity index (χ4v) is 3.04. The predicted molar refractivity (Wildman–Crippen MR) is 75.8 cm³/mol. The lowest BCUT2D eigenvalue weighted by Gasteiger charge is -2.08. The van der Waals surface area contributed by atoms with Gasteiger partial charge in [-0.25, -0.2) is 4.98 Å². The Morgan fingerprint density at radius 2 is 1.89 bits per heavy atom. The Bertz CT molecular complexity index is 633. The third-order valence-electron chi connectivity index (χ3n) is 3.42. The number of nitrogens with zero attached hydrogens (tertiary/aromatic N) is 2. The molecule has 3 heteroatoms. The average molecular weight is 256 g/mol. The minimum atomic E-state index is 0.452. The van der Waals surface area contributed by atoms with E-state index in [0.717, 1.165) is 15.6 Å². The van der Waals surface area contributed by atoms with Gasteiger partial charge in [-0.05, 0) is 44.4 Å². The quantitative estimate of drug-likeness (QED) is 0.810. The van der Waals surface area contributed by atoms with Gasteiger partial charge in [0.1, 0.15) is 5.01 Å². The Labute approximate surface area is 112 Å². The van der Waals surface area contributed by atoms with Gasteiger partial charge in [-0.15, -0.1) is 11.3 Å². The molecule has 0 unspecified atom stereocenters. The van der Waals surface area contributed by atoms with E-state index < -0.39 is 0 Å². The smallest absolute Gasteiger partial charge is 0.124 e. The maximum atomic E-state index is 8.79. The average Bonchev–Trinajstić information content (AvgIpc) is 2.68. The first-order chi connectivity index (χ1) is 8.54. The van der Waals surface area contributed by atoms with Crippen LogP contribution in [0.3, 0.4) is 0 Å². The topological polar surface area (TPSA) is 36.7 Å². The third kappa shape index (κ3) is 2.16. The first-order valence-corrected chi connectivity index (χ1v) is 6.76. The molecule has 2 nitrogen and oxygen atoms in total. The number of hydrogen-bond acceptors (Lipinski definition) is 3. The van der Waals surface area contributed by atoms with Crippen LogP contribution in [0.4, 0.5) is 0 Å². The third-order valence-corrected chi connectivity index (χ3v) is 4.61. The molecule has 0 atom stereocenters. The second-order valence-electron chi connectivity index (χ2n) is 4.54. The van der Waals surface area contributed by atoms with E-state index in [0.29, 0.717) is 6.42 Å². The number of aromatic nitrogens is 1. The summed E-state index contributed by atoms with van der Waals surface area (Å²) >= 11 is 1.63. The number of benzene rings is 1. The lowest BCUT2D eigenvalue weighted by molar-refractivity contribution is 1.18. The summed E-state index contributed by atoms with van der Waals surface area (Å²) in [6, 6.07) is 6.46. The van der Waals surface area contributed by atoms with Crippen LogP contribution in [-0.4, -0.2) is 4.98 Å². The maximum absolute atomic E-state index is 8.79. The van der Waals surface area contributed by atoms with Gasteiger partial charge in [0, 0.05) is 10.4 Å². The molecular formula is C15H16N2S. The van der Waals surface area contributed by atoms with Crippen molar-refractivity contribution in [1.82, 2.24) is 4.98 Å². The molecule has 0 N–H and O–H groups in total. The Balaban J connectivity index is 2.53. The van der Waals surface area contributed by atoms with Crippen molar-refractivity contribution in [2.45, 2.75) is 34.1 Å². The van der Waals surface area contributed by atoms with Gasteiger partial charge in [-0.1, -0.05) is 12.1 Å². The summed E-state index contributed by atoms with van der Waals surface area (Å²) in [5.41, 5.74) is 6.08. The number of nitriles is 1. The molecule has 1 heterocycles. The number of aryl methyl sites for hydroxylation is 2. The van der Waals surface area contributed by atoms with Gasteiger partial charge in [0.15, 0.2) is 0 Å². The fraction of sp³-hybridized carbons (Fsp3) is 0.333. The Morgan fingerprint density at radius 1 is 1.17 bits per heavy atom. The standard InChI is InChI=1S/C15H16N2S/c1-9-5-6-13(11(3)10(9)2)15-17-12(4)14(18-15)7-8-16/h5-6H,7H2,1-4H3. The second kappa shape index (κ2) is 4.91. The Kier molecular flexibility index (Phi) is 3.49. The highest BCUT2D eigenvalue weighted by Crippen LogP contribution is 2.32. The molecule has 0 bridgehead atoms. The van der Waals surface area contributed by atoms with E-state index in [-0.39, 0.29) is 0 Å². The van der Waals surface area contributed by atoms with E-state index in [1.54, 1.807) is 11.3 Å². The lowest BCUT2D eigenvalue weighted by atomic mass is 9.99. The van der Waals surface area contributed by atoms with Crippen LogP contribution >= 0.6 is 11.3 Å². The highest BCUT2D eigenvalue weighted by atomic mass is 32.1. The van der Waals surface area contributed by atoms with Gasteiger partial charge in [0.2, 0.25) is 0 Å². The van der Waals surface area contributed by atoms with Crippen molar-refractivity contribution in [2.24, 2.45) is 0 Å². The molecule has 0 aliphatic heterocycles. The number of thiazole rings is 1. The lowest BCUT2D eigenvalue weighted by Crippen LogP contribution is -1.90. The molecule has 1 aromatic carbocycles. The van der Waals surface area contributed by atoms with E-state index in [2.05, 4.69) is 44.0 Å². The fourth-order valence-electron chi connectivity index (χ4n) is 1.97. The van der Waals surface area contributed by atoms with Crippen LogP contribution < -0.4 is 0 Å². The first-order valence-electron chi connectivity index (χ1n) is 5.95. The van der Waals surface area contributed by atoms with Gasteiger partial charge in [-0.3, -0.25) is 0 Å². The van der Waals surface area contributed by atoms with Crippen molar-refractivity contribution in [3.05, 3.63) is 39.4 Å². The molecule has 18 heavy (non-hydrogen) atoms. The normalized spacial score (nSPS) is 10.4. The van der Waals surface area contributed by atoms with Crippen molar-refractivity contribution < 1.29 is 0 Å². The van der Waals surface area contributed by atoms with E-state index >= 15 is 0 Å². The second-order valence-corrected chi connectivity index (χ2v) is 5.63. The molecule has 0 aliphatic rings. The Morgan fingerprint density at radius 3 is 2.56 bits per heavy atom. The summed E-state index contributed by atoms with van der Waals surface area (Å²) in [5.74, 6) is 0. The van der Waals surface area contributed by atoms with Crippen LogP contribution in [-0.2, 0) is 6.42 Å². The molecule has 0 fully saturated rings. The highest BCUT2D eigenvalue weighted by Gasteiger charge is 2.12. The van der Waals surface area contributed by atoms with Gasteiger partial charge in [-0.2, -0.15) is 5.26 Å². The SMILES string of the molecule is Cc1ccc(-c2nc(C)c(CC#N)s2)c(C)c1C. The van der Waals surface area contributed by atoms with Crippen molar-refractivity contribution in [3.8, 4) is 16.6 Å². The highest BCUT2D eigenvalue weighted by molar-refractivity contribution is 7.15. The van der Waals surface area contributed by atoms with Crippen LogP contribution in [0.1, 0.15) is 27.3 Å². The van der Waals surface area contributed by atoms with Crippen LogP contribution in [0.15, 0.2) is 12.1 Å². The van der Waals surface area contributed by atoms with Crippen LogP contribution in [0.25, 0.3) is 10.6 Å². The summed E-state index contributed by atoms with van der Waals surface area (Å²) < 4.78 is 0. The summed E-state index contributed by atoms with van der Waals surface area (Å²) in [7, 11) is 0. The largest absolute Gasteiger partial charge is 0.241 e. The van der Waals surface area contributed by atoms with E-state index in [9.17, 15) is 0 Å². The van der Waals surface area contributed by atoms with Gasteiger partial charge in [0.25, 0.3) is 0 Å². The van der Waals surface area contributed by atoms with Gasteiger partial charge >= 0.3 is 0 Å². The minimum Gasteiger partial charge on any atom is -0.241 e. The summed E-state index contributed by atoms with van der Waals surface area (Å²) in [5, 5.41) is 9.81. The zero-order valence-corrected chi connectivity index (χ0v) is 12.0. The molecule has 0 spiro atoms. The predicted octanol–water partition coefficient (Wildman–Crippen LogP) is 4.11. The molecule has 2 rings (SSSR count). The van der Waals surface area contributed by atoms with E-state index in [1.165, 1.54) is 22.3 Å². The zero-order chi connectivity index (χ0) is 13.3. The van der Waals surface area contributed by atoms with E-state index in [1.807, 2.05) is 6.92 Å². The van der Waals surface area contributed by atoms with Gasteiger partial charge < -0.3 is 0 Å². The van der Waals surface area contributed by atoms with Crippen molar-refractivity contribution in [2.75, 3.05) is 0 Å². The van der Waals surface area contributed by atoms with E-state index in [4.69, 9.17) is 5.26 Å². The molecule has 2 aromatic rings. The molecule has 92 valence electrons. The molecule has 0 amide bonds. The van der Waals surface area contributed by atoms with Crippen LogP contribution in [0, 0.1) is 39.0 Å². The number of rotatable bonds is 2. The van der Waals surface area contributed by atoms with Gasteiger partial charge in [0.05, 0.1) is 18.2 Å². The maximum Gasteiger partial charge on any atom is 0.124 e. The Hall–Kier alpha value is -1.66. The van der Waals surface area contributed by atoms with Crippen LogP contribution in [0.5, 0.6) is 0 Å². The molecule has 1 aromatic heterocycles. The molecule has 0 radical (unpaired) electrons. The van der Waals surface area contributed by atoms with Crippen LogP contribution in [0.2, 0.25) is 0 Å². The van der Waals surface area contributed by atoms with Crippen molar-refractivity contribution >= 4 is 11.3 Å². The van der Waals surface area contributed by atoms with Crippen molar-refractivity contribution in [1.29, 1.82) is 5.26 Å². The monoisotopic (exact) mass is 256 g/mol. The summed E-state index contributed by atoms with van der Waals surface area (Å²) in [4.78, 5) is 5.67. The molecule has 0 saturated heterocycles. The minimum absolute atomic E-state index is 0.452. The first kappa shape index (κ1) is 12.8. The number of hydrogen-bond donors (Lipinski definition) is 0.